The molecule has 0 saturated carbocycles. The van der Waals surface area contributed by atoms with Gasteiger partial charge in [-0.1, -0.05) is 13.2 Å². The third-order valence-electron chi connectivity index (χ3n) is 0.408. The Kier molecular flexibility index (Phi) is 4.05. The van der Waals surface area contributed by atoms with Gasteiger partial charge in [-0.25, -0.2) is 0 Å². The fourth-order valence-corrected chi connectivity index (χ4v) is 0.204. The van der Waals surface area contributed by atoms with Crippen molar-refractivity contribution in [1.29, 1.82) is 0 Å². The van der Waals surface area contributed by atoms with Gasteiger partial charge in [0.25, 0.3) is 0 Å². The van der Waals surface area contributed by atoms with Crippen LogP contribution in [0.5, 0.6) is 0 Å². The van der Waals surface area contributed by atoms with E-state index < -0.39 is 0 Å². The Labute approximate surface area is 34.0 Å². The zero-order valence-electron chi connectivity index (χ0n) is 3.78. The molecule has 0 aliphatic heterocycles. The first-order valence-corrected chi connectivity index (χ1v) is 1.90. The lowest BCUT2D eigenvalue weighted by Gasteiger charge is -1.80. The zero-order valence-corrected chi connectivity index (χ0v) is 3.78. The highest BCUT2D eigenvalue weighted by atomic mass is 14.7. The molecule has 0 aliphatic rings. The molecule has 0 saturated heterocycles. The molecule has 0 fully saturated rings. The van der Waals surface area contributed by atoms with E-state index in [4.69, 9.17) is 0 Å². The van der Waals surface area contributed by atoms with E-state index in [0.717, 1.165) is 6.32 Å². The van der Waals surface area contributed by atoms with Crippen LogP contribution in [0.4, 0.5) is 0 Å². The summed E-state index contributed by atoms with van der Waals surface area (Å²) in [6, 6.07) is 0. The van der Waals surface area contributed by atoms with Crippen molar-refractivity contribution in [3.63, 3.8) is 0 Å². The van der Waals surface area contributed by atoms with Crippen LogP contribution in [0.3, 0.4) is 0 Å². The molecule has 0 aromatic carbocycles. The smallest absolute Gasteiger partial charge is 0.204 e. The number of rotatable bonds is 2. The lowest BCUT2D eigenvalue weighted by molar-refractivity contribution is 1.21. The van der Waals surface area contributed by atoms with Crippen LogP contribution >= 0.6 is 0 Å². The summed E-state index contributed by atoms with van der Waals surface area (Å²) in [6.07, 6.45) is 1.11. The van der Waals surface area contributed by atoms with Gasteiger partial charge in [0.05, 0.1) is 0 Å². The van der Waals surface area contributed by atoms with Crippen molar-refractivity contribution < 1.29 is 0 Å². The summed E-state index contributed by atoms with van der Waals surface area (Å²) in [5, 5.41) is 2.89. The Morgan fingerprint density at radius 1 is 1.80 bits per heavy atom. The number of nitrogens with one attached hydrogen (secondary N) is 1. The second-order valence-corrected chi connectivity index (χ2v) is 0.901. The van der Waals surface area contributed by atoms with Gasteiger partial charge in [-0.3, -0.25) is 0 Å². The normalized spacial score (nSPS) is 7.60. The van der Waals surface area contributed by atoms with Gasteiger partial charge in [0.2, 0.25) is 7.41 Å². The van der Waals surface area contributed by atoms with Crippen molar-refractivity contribution in [2.45, 2.75) is 13.2 Å². The molecule has 0 unspecified atom stereocenters. The van der Waals surface area contributed by atoms with Gasteiger partial charge in [-0.05, 0) is 7.05 Å². The molecule has 5 heavy (non-hydrogen) atoms. The maximum absolute atomic E-state index is 2.89. The van der Waals surface area contributed by atoms with Crippen molar-refractivity contribution in [1.82, 2.24) is 5.23 Å². The molecule has 0 bridgehead atoms. The van der Waals surface area contributed by atoms with Gasteiger partial charge < -0.3 is 5.23 Å². The minimum absolute atomic E-state index is 1.11. The largest absolute Gasteiger partial charge is 0.363 e. The highest BCUT2D eigenvalue weighted by molar-refractivity contribution is 6.31. The van der Waals surface area contributed by atoms with Crippen LogP contribution in [0.1, 0.15) is 6.92 Å². The van der Waals surface area contributed by atoms with Crippen LogP contribution in [-0.2, 0) is 0 Å². The van der Waals surface area contributed by atoms with E-state index in [2.05, 4.69) is 12.2 Å². The Bertz CT molecular complexity index is 14.4. The van der Waals surface area contributed by atoms with E-state index in [-0.39, 0.29) is 0 Å². The summed E-state index contributed by atoms with van der Waals surface area (Å²) >= 11 is 0. The Balaban J connectivity index is 2.19. The molecule has 2 heteroatoms. The number of hydrogen-bond donors (Lipinski definition) is 1. The summed E-state index contributed by atoms with van der Waals surface area (Å²) in [5.74, 6) is 0. The van der Waals surface area contributed by atoms with Crippen molar-refractivity contribution in [3.05, 3.63) is 0 Å². The molecule has 0 heterocycles. The van der Waals surface area contributed by atoms with Crippen LogP contribution < -0.4 is 5.23 Å². The fourth-order valence-electron chi connectivity index (χ4n) is 0.204. The maximum Gasteiger partial charge on any atom is 0.204 e. The van der Waals surface area contributed by atoms with Crippen molar-refractivity contribution >= 4 is 7.41 Å². The predicted molar refractivity (Wildman–Crippen MR) is 25.3 cm³/mol. The van der Waals surface area contributed by atoms with E-state index in [1.807, 2.05) is 14.5 Å². The molecule has 0 spiro atoms. The minimum atomic E-state index is 1.11. The van der Waals surface area contributed by atoms with E-state index in [1.54, 1.807) is 0 Å². The molecule has 0 atom stereocenters. The van der Waals surface area contributed by atoms with Gasteiger partial charge in [-0.15, -0.1) is 0 Å². The van der Waals surface area contributed by atoms with E-state index in [9.17, 15) is 0 Å². The van der Waals surface area contributed by atoms with Crippen LogP contribution in [0, 0.1) is 0 Å². The molecular formula is C3H9BN. The van der Waals surface area contributed by atoms with Crippen LogP contribution in [-0.4, -0.2) is 14.5 Å². The average molecular weight is 69.9 g/mol. The first-order valence-electron chi connectivity index (χ1n) is 1.90. The molecule has 1 nitrogen and oxygen atoms in total. The van der Waals surface area contributed by atoms with E-state index >= 15 is 0 Å². The Morgan fingerprint density at radius 2 is 2.40 bits per heavy atom. The van der Waals surface area contributed by atoms with Gasteiger partial charge >= 0.3 is 0 Å². The summed E-state index contributed by atoms with van der Waals surface area (Å²) in [5.41, 5.74) is 0. The monoisotopic (exact) mass is 70.1 g/mol. The highest BCUT2D eigenvalue weighted by Gasteiger charge is 1.71. The summed E-state index contributed by atoms with van der Waals surface area (Å²) in [7, 11) is 3.91. The molecule has 0 aliphatic carbocycles. The second kappa shape index (κ2) is 4.02. The predicted octanol–water partition coefficient (Wildman–Crippen LogP) is 0.263. The molecule has 29 valence electrons. The first kappa shape index (κ1) is 5.02. The average Bonchev–Trinajstić information content (AvgIpc) is 1.41. The number of hydrogen-bond acceptors (Lipinski definition) is 1. The molecule has 0 rings (SSSR count). The van der Waals surface area contributed by atoms with Crippen molar-refractivity contribution in [3.8, 4) is 0 Å². The summed E-state index contributed by atoms with van der Waals surface area (Å²) in [6.45, 7) is 2.09. The fraction of sp³-hybridized carbons (Fsp3) is 1.00. The molecule has 0 aromatic heterocycles. The summed E-state index contributed by atoms with van der Waals surface area (Å²) in [4.78, 5) is 0. The lowest BCUT2D eigenvalue weighted by atomic mass is 9.92. The Morgan fingerprint density at radius 3 is 2.40 bits per heavy atom. The highest BCUT2D eigenvalue weighted by Crippen LogP contribution is 1.61. The van der Waals surface area contributed by atoms with E-state index in [0.29, 0.717) is 0 Å². The standard InChI is InChI=1S/C3H9BN/c1-3-4-5-2/h5H,3H2,1-2H3. The molecule has 1 N–H and O–H groups in total. The molecule has 1 radical (unpaired) electrons. The van der Waals surface area contributed by atoms with Crippen molar-refractivity contribution in [2.24, 2.45) is 0 Å². The SMILES string of the molecule is CC[B]NC. The zero-order chi connectivity index (χ0) is 4.12. The van der Waals surface area contributed by atoms with Gasteiger partial charge in [0.15, 0.2) is 0 Å². The third kappa shape index (κ3) is 4.02. The summed E-state index contributed by atoms with van der Waals surface area (Å²) < 4.78 is 0. The third-order valence-corrected chi connectivity index (χ3v) is 0.408. The van der Waals surface area contributed by atoms with Crippen LogP contribution in [0.15, 0.2) is 0 Å². The lowest BCUT2D eigenvalue weighted by Crippen LogP contribution is -2.09. The molecule has 0 amide bonds. The topological polar surface area (TPSA) is 12.0 Å². The molecule has 0 aromatic rings. The molecular weight excluding hydrogens is 60.9 g/mol. The van der Waals surface area contributed by atoms with Crippen molar-refractivity contribution in [2.75, 3.05) is 7.05 Å². The Hall–Kier alpha value is 0.0249. The second-order valence-electron chi connectivity index (χ2n) is 0.901. The van der Waals surface area contributed by atoms with Gasteiger partial charge in [0.1, 0.15) is 0 Å². The van der Waals surface area contributed by atoms with Crippen LogP contribution in [0.25, 0.3) is 0 Å². The maximum atomic E-state index is 2.89. The van der Waals surface area contributed by atoms with Gasteiger partial charge in [0, 0.05) is 0 Å². The van der Waals surface area contributed by atoms with E-state index in [1.165, 1.54) is 0 Å². The minimum Gasteiger partial charge on any atom is -0.363 e. The quantitative estimate of drug-likeness (QED) is 0.459. The van der Waals surface area contributed by atoms with Gasteiger partial charge in [-0.2, -0.15) is 0 Å². The first-order chi connectivity index (χ1) is 2.41. The van der Waals surface area contributed by atoms with Crippen LogP contribution in [0.2, 0.25) is 6.32 Å².